The standard InChI is InChI=1S/C9H7BrN2OS/c10-6-1-4-14-8(6)5-7(13)9-11-2-3-12-9/h1-4H,5H2,(H,11,12). The molecule has 3 nitrogen and oxygen atoms in total. The number of nitrogens with zero attached hydrogens (tertiary/aromatic N) is 1. The second-order valence-corrected chi connectivity index (χ2v) is 4.58. The third kappa shape index (κ3) is 1.93. The van der Waals surface area contributed by atoms with Crippen LogP contribution in [0.25, 0.3) is 0 Å². The molecule has 0 fully saturated rings. The fourth-order valence-corrected chi connectivity index (χ4v) is 2.59. The Morgan fingerprint density at radius 1 is 1.64 bits per heavy atom. The average Bonchev–Trinajstić information content (AvgIpc) is 2.77. The summed E-state index contributed by atoms with van der Waals surface area (Å²) in [5.41, 5.74) is 0. The molecule has 2 heterocycles. The number of aromatic amines is 1. The Balaban J connectivity index is 2.13. The Morgan fingerprint density at radius 3 is 3.07 bits per heavy atom. The number of carbonyl (C=O) groups excluding carboxylic acids is 1. The monoisotopic (exact) mass is 270 g/mol. The van der Waals surface area contributed by atoms with E-state index in [0.29, 0.717) is 12.2 Å². The first-order valence-corrected chi connectivity index (χ1v) is 5.69. The molecule has 2 aromatic rings. The molecule has 2 rings (SSSR count). The number of H-pyrrole nitrogens is 1. The van der Waals surface area contributed by atoms with Crippen molar-refractivity contribution in [2.75, 3.05) is 0 Å². The molecule has 0 aromatic carbocycles. The summed E-state index contributed by atoms with van der Waals surface area (Å²) in [5, 5.41) is 1.95. The number of hydrogen-bond acceptors (Lipinski definition) is 3. The minimum absolute atomic E-state index is 0.0122. The topological polar surface area (TPSA) is 45.8 Å². The van der Waals surface area contributed by atoms with Crippen molar-refractivity contribution in [3.05, 3.63) is 39.0 Å². The Hall–Kier alpha value is -0.940. The van der Waals surface area contributed by atoms with Crippen molar-refractivity contribution in [1.29, 1.82) is 0 Å². The van der Waals surface area contributed by atoms with Crippen LogP contribution < -0.4 is 0 Å². The molecule has 0 amide bonds. The summed E-state index contributed by atoms with van der Waals surface area (Å²) >= 11 is 4.95. The van der Waals surface area contributed by atoms with Gasteiger partial charge in [-0.1, -0.05) is 0 Å². The molecule has 0 saturated carbocycles. The van der Waals surface area contributed by atoms with Gasteiger partial charge in [-0.3, -0.25) is 4.79 Å². The molecular formula is C9H7BrN2OS. The lowest BCUT2D eigenvalue weighted by molar-refractivity contribution is 0.0984. The molecule has 0 aliphatic heterocycles. The predicted molar refractivity (Wildman–Crippen MR) is 58.6 cm³/mol. The third-order valence-electron chi connectivity index (χ3n) is 1.77. The highest BCUT2D eigenvalue weighted by atomic mass is 79.9. The molecule has 5 heteroatoms. The van der Waals surface area contributed by atoms with E-state index >= 15 is 0 Å². The first-order chi connectivity index (χ1) is 6.77. The maximum Gasteiger partial charge on any atom is 0.203 e. The number of halogens is 1. The lowest BCUT2D eigenvalue weighted by Crippen LogP contribution is -2.04. The lowest BCUT2D eigenvalue weighted by atomic mass is 10.2. The van der Waals surface area contributed by atoms with Crippen LogP contribution in [-0.2, 0) is 6.42 Å². The van der Waals surface area contributed by atoms with E-state index in [1.54, 1.807) is 23.7 Å². The summed E-state index contributed by atoms with van der Waals surface area (Å²) in [6, 6.07) is 1.94. The van der Waals surface area contributed by atoms with Crippen molar-refractivity contribution in [3.63, 3.8) is 0 Å². The second-order valence-electron chi connectivity index (χ2n) is 2.73. The number of carbonyl (C=O) groups is 1. The van der Waals surface area contributed by atoms with Crippen molar-refractivity contribution >= 4 is 33.0 Å². The van der Waals surface area contributed by atoms with Crippen LogP contribution in [0.1, 0.15) is 15.5 Å². The van der Waals surface area contributed by atoms with Crippen LogP contribution in [0, 0.1) is 0 Å². The van der Waals surface area contributed by atoms with E-state index in [1.807, 2.05) is 11.4 Å². The summed E-state index contributed by atoms with van der Waals surface area (Å²) in [7, 11) is 0. The summed E-state index contributed by atoms with van der Waals surface area (Å²) in [6.45, 7) is 0. The smallest absolute Gasteiger partial charge is 0.203 e. The normalized spacial score (nSPS) is 10.4. The molecule has 0 radical (unpaired) electrons. The van der Waals surface area contributed by atoms with Crippen LogP contribution in [0.5, 0.6) is 0 Å². The maximum atomic E-state index is 11.6. The molecule has 0 aliphatic carbocycles. The second kappa shape index (κ2) is 4.06. The molecule has 14 heavy (non-hydrogen) atoms. The minimum Gasteiger partial charge on any atom is -0.342 e. The summed E-state index contributed by atoms with van der Waals surface area (Å²) in [6.07, 6.45) is 3.62. The van der Waals surface area contributed by atoms with E-state index < -0.39 is 0 Å². The molecule has 72 valence electrons. The molecule has 0 unspecified atom stereocenters. The third-order valence-corrected chi connectivity index (χ3v) is 3.70. The van der Waals surface area contributed by atoms with E-state index in [0.717, 1.165) is 9.35 Å². The molecule has 0 saturated heterocycles. The van der Waals surface area contributed by atoms with Gasteiger partial charge in [0, 0.05) is 28.2 Å². The number of Topliss-reactive ketones (excluding diaryl/α,β-unsaturated/α-hetero) is 1. The van der Waals surface area contributed by atoms with Gasteiger partial charge in [0.1, 0.15) is 0 Å². The summed E-state index contributed by atoms with van der Waals surface area (Å²) in [4.78, 5) is 19.4. The molecule has 0 aliphatic rings. The molecule has 2 aromatic heterocycles. The number of nitrogens with one attached hydrogen (secondary N) is 1. The SMILES string of the molecule is O=C(Cc1sccc1Br)c1ncc[nH]1. The fourth-order valence-electron chi connectivity index (χ4n) is 1.10. The quantitative estimate of drug-likeness (QED) is 0.872. The molecule has 0 spiro atoms. The number of aromatic nitrogens is 2. The molecule has 1 N–H and O–H groups in total. The van der Waals surface area contributed by atoms with Crippen molar-refractivity contribution < 1.29 is 4.79 Å². The highest BCUT2D eigenvalue weighted by Gasteiger charge is 2.11. The number of ketones is 1. The van der Waals surface area contributed by atoms with Crippen LogP contribution in [-0.4, -0.2) is 15.8 Å². The van der Waals surface area contributed by atoms with Crippen LogP contribution in [0.3, 0.4) is 0 Å². The van der Waals surface area contributed by atoms with Crippen LogP contribution >= 0.6 is 27.3 Å². The first kappa shape index (κ1) is 9.61. The predicted octanol–water partition coefficient (Wildman–Crippen LogP) is 2.66. The maximum absolute atomic E-state index is 11.6. The lowest BCUT2D eigenvalue weighted by Gasteiger charge is -1.95. The van der Waals surface area contributed by atoms with Crippen molar-refractivity contribution in [1.82, 2.24) is 9.97 Å². The fraction of sp³-hybridized carbons (Fsp3) is 0.111. The van der Waals surface area contributed by atoms with Crippen LogP contribution in [0.4, 0.5) is 0 Å². The van der Waals surface area contributed by atoms with Gasteiger partial charge in [-0.2, -0.15) is 0 Å². The van der Waals surface area contributed by atoms with Crippen LogP contribution in [0.15, 0.2) is 28.3 Å². The summed E-state index contributed by atoms with van der Waals surface area (Å²) in [5.74, 6) is 0.434. The van der Waals surface area contributed by atoms with Gasteiger partial charge < -0.3 is 4.98 Å². The number of hydrogen-bond donors (Lipinski definition) is 1. The largest absolute Gasteiger partial charge is 0.342 e. The number of rotatable bonds is 3. The van der Waals surface area contributed by atoms with E-state index in [9.17, 15) is 4.79 Å². The Bertz CT molecular complexity index is 435. The van der Waals surface area contributed by atoms with Gasteiger partial charge in [0.2, 0.25) is 5.78 Å². The van der Waals surface area contributed by atoms with Crippen molar-refractivity contribution in [3.8, 4) is 0 Å². The van der Waals surface area contributed by atoms with Gasteiger partial charge in [0.25, 0.3) is 0 Å². The van der Waals surface area contributed by atoms with Crippen molar-refractivity contribution in [2.45, 2.75) is 6.42 Å². The first-order valence-electron chi connectivity index (χ1n) is 4.02. The van der Waals surface area contributed by atoms with Gasteiger partial charge in [-0.15, -0.1) is 11.3 Å². The van der Waals surface area contributed by atoms with E-state index in [1.165, 1.54) is 0 Å². The Morgan fingerprint density at radius 2 is 2.50 bits per heavy atom. The van der Waals surface area contributed by atoms with Gasteiger partial charge >= 0.3 is 0 Å². The van der Waals surface area contributed by atoms with Gasteiger partial charge in [0.15, 0.2) is 5.82 Å². The molecule has 0 bridgehead atoms. The summed E-state index contributed by atoms with van der Waals surface area (Å²) < 4.78 is 0.988. The van der Waals surface area contributed by atoms with Gasteiger partial charge in [-0.25, -0.2) is 4.98 Å². The van der Waals surface area contributed by atoms with Gasteiger partial charge in [-0.05, 0) is 27.4 Å². The number of imidazole rings is 1. The number of thiophene rings is 1. The zero-order chi connectivity index (χ0) is 9.97. The molecule has 0 atom stereocenters. The van der Waals surface area contributed by atoms with E-state index in [-0.39, 0.29) is 5.78 Å². The van der Waals surface area contributed by atoms with E-state index in [2.05, 4.69) is 25.9 Å². The Labute approximate surface area is 93.3 Å². The Kier molecular flexibility index (Phi) is 2.79. The minimum atomic E-state index is 0.0122. The van der Waals surface area contributed by atoms with Gasteiger partial charge in [0.05, 0.1) is 0 Å². The zero-order valence-corrected chi connectivity index (χ0v) is 9.56. The van der Waals surface area contributed by atoms with Crippen molar-refractivity contribution in [2.24, 2.45) is 0 Å². The molecular weight excluding hydrogens is 264 g/mol. The van der Waals surface area contributed by atoms with Crippen LogP contribution in [0.2, 0.25) is 0 Å². The highest BCUT2D eigenvalue weighted by molar-refractivity contribution is 9.10. The zero-order valence-electron chi connectivity index (χ0n) is 7.16. The average molecular weight is 271 g/mol. The van der Waals surface area contributed by atoms with E-state index in [4.69, 9.17) is 0 Å². The highest BCUT2D eigenvalue weighted by Crippen LogP contribution is 2.23.